The summed E-state index contributed by atoms with van der Waals surface area (Å²) in [6.07, 6.45) is 4.42. The number of anilines is 1. The molecule has 3 rings (SSSR count). The summed E-state index contributed by atoms with van der Waals surface area (Å²) in [5.41, 5.74) is 2.11. The molecule has 3 atom stereocenters. The zero-order valence-electron chi connectivity index (χ0n) is 20.1. The van der Waals surface area contributed by atoms with Gasteiger partial charge in [0.2, 0.25) is 15.9 Å². The smallest absolute Gasteiger partial charge is 0.229 e. The minimum atomic E-state index is -3.46. The van der Waals surface area contributed by atoms with Crippen LogP contribution in [0.3, 0.4) is 0 Å². The molecule has 186 valence electrons. The highest BCUT2D eigenvalue weighted by Crippen LogP contribution is 2.29. The van der Waals surface area contributed by atoms with Gasteiger partial charge in [0.05, 0.1) is 25.3 Å². The summed E-state index contributed by atoms with van der Waals surface area (Å²) in [5.74, 6) is 0.401. The molecule has 0 bridgehead atoms. The molecule has 0 spiro atoms. The molecular weight excluding hydrogens is 456 g/mol. The van der Waals surface area contributed by atoms with Crippen molar-refractivity contribution in [2.45, 2.75) is 39.0 Å². The second-order valence-electron chi connectivity index (χ2n) is 9.14. The normalized spacial score (nSPS) is 20.1. The Morgan fingerprint density at radius 1 is 1.29 bits per heavy atom. The number of likely N-dealkylation sites (N-methyl/N-ethyl adjacent to an activating group) is 1. The van der Waals surface area contributed by atoms with Crippen LogP contribution in [0.25, 0.3) is 0 Å². The van der Waals surface area contributed by atoms with Gasteiger partial charge in [0.1, 0.15) is 11.9 Å². The minimum absolute atomic E-state index is 0.0161. The van der Waals surface area contributed by atoms with Crippen LogP contribution in [0.1, 0.15) is 25.0 Å². The Morgan fingerprint density at radius 2 is 2.00 bits per heavy atom. The average molecular weight is 491 g/mol. The molecule has 0 saturated heterocycles. The lowest BCUT2D eigenvalue weighted by Crippen LogP contribution is -2.47. The van der Waals surface area contributed by atoms with Gasteiger partial charge in [-0.25, -0.2) is 8.42 Å². The summed E-state index contributed by atoms with van der Waals surface area (Å²) in [6.45, 7) is 5.48. The number of aliphatic hydroxyl groups is 1. The predicted molar refractivity (Wildman–Crippen MR) is 131 cm³/mol. The molecule has 2 heterocycles. The molecule has 9 nitrogen and oxygen atoms in total. The number of hydrogen-bond acceptors (Lipinski definition) is 7. The van der Waals surface area contributed by atoms with Crippen molar-refractivity contribution in [3.63, 3.8) is 0 Å². The van der Waals surface area contributed by atoms with Gasteiger partial charge in [0.15, 0.2) is 0 Å². The number of ether oxygens (including phenoxy) is 1. The third-order valence-electron chi connectivity index (χ3n) is 5.91. The number of aliphatic hydroxyl groups excluding tert-OH is 1. The van der Waals surface area contributed by atoms with Crippen molar-refractivity contribution < 1.29 is 23.1 Å². The van der Waals surface area contributed by atoms with Gasteiger partial charge in [0, 0.05) is 49.2 Å². The van der Waals surface area contributed by atoms with E-state index in [2.05, 4.69) is 14.6 Å². The van der Waals surface area contributed by atoms with Crippen LogP contribution in [0.15, 0.2) is 42.7 Å². The van der Waals surface area contributed by atoms with Crippen LogP contribution in [0, 0.1) is 5.92 Å². The lowest BCUT2D eigenvalue weighted by atomic mass is 10.0. The summed E-state index contributed by atoms with van der Waals surface area (Å²) in [6, 6.07) is 8.59. The van der Waals surface area contributed by atoms with E-state index in [0.717, 1.165) is 18.4 Å². The van der Waals surface area contributed by atoms with Crippen molar-refractivity contribution >= 4 is 21.6 Å². The Hall–Kier alpha value is -2.69. The van der Waals surface area contributed by atoms with Crippen molar-refractivity contribution in [2.24, 2.45) is 5.92 Å². The van der Waals surface area contributed by atoms with Gasteiger partial charge in [-0.3, -0.25) is 19.4 Å². The molecule has 0 saturated carbocycles. The zero-order valence-corrected chi connectivity index (χ0v) is 21.0. The maximum atomic E-state index is 13.2. The monoisotopic (exact) mass is 490 g/mol. The van der Waals surface area contributed by atoms with Gasteiger partial charge in [0.25, 0.3) is 0 Å². The van der Waals surface area contributed by atoms with Crippen molar-refractivity contribution in [1.82, 2.24) is 14.8 Å². The lowest BCUT2D eigenvalue weighted by molar-refractivity contribution is -0.134. The Morgan fingerprint density at radius 3 is 2.65 bits per heavy atom. The first kappa shape index (κ1) is 25.9. The molecule has 2 aromatic rings. The molecule has 0 aliphatic carbocycles. The van der Waals surface area contributed by atoms with Crippen LogP contribution in [-0.4, -0.2) is 79.4 Å². The number of fused-ring (bicyclic) bond motifs is 1. The number of nitrogens with one attached hydrogen (secondary N) is 1. The van der Waals surface area contributed by atoms with E-state index in [0.29, 0.717) is 30.1 Å². The summed E-state index contributed by atoms with van der Waals surface area (Å²) >= 11 is 0. The van der Waals surface area contributed by atoms with Crippen LogP contribution < -0.4 is 9.46 Å². The van der Waals surface area contributed by atoms with E-state index in [1.807, 2.05) is 33.0 Å². The number of carbonyl (C=O) groups is 1. The van der Waals surface area contributed by atoms with Gasteiger partial charge >= 0.3 is 0 Å². The second kappa shape index (κ2) is 11.2. The van der Waals surface area contributed by atoms with Gasteiger partial charge in [-0.2, -0.15) is 0 Å². The molecule has 0 fully saturated rings. The van der Waals surface area contributed by atoms with Crippen LogP contribution in [-0.2, 0) is 27.8 Å². The molecule has 1 aliphatic rings. The standard InChI is InChI=1S/C24H34N4O5S/c1-17-13-28(18(2)16-29)24(30)12-20-11-21(26-34(4,31)32)5-6-22(20)33-23(17)15-27(3)14-19-7-9-25-10-8-19/h5-11,17-18,23,26,29H,12-16H2,1-4H3/t17-,18+,23+/m0/s1. The van der Waals surface area contributed by atoms with Gasteiger partial charge in [-0.15, -0.1) is 0 Å². The average Bonchev–Trinajstić information content (AvgIpc) is 2.81. The van der Waals surface area contributed by atoms with Crippen molar-refractivity contribution in [3.8, 4) is 5.75 Å². The van der Waals surface area contributed by atoms with Gasteiger partial charge in [-0.05, 0) is 49.9 Å². The van der Waals surface area contributed by atoms with E-state index in [1.54, 1.807) is 35.5 Å². The fourth-order valence-corrected chi connectivity index (χ4v) is 4.65. The van der Waals surface area contributed by atoms with Crippen LogP contribution in [0.4, 0.5) is 5.69 Å². The largest absolute Gasteiger partial charge is 0.488 e. The number of hydrogen-bond donors (Lipinski definition) is 2. The molecule has 0 unspecified atom stereocenters. The van der Waals surface area contributed by atoms with Crippen LogP contribution in [0.5, 0.6) is 5.75 Å². The second-order valence-corrected chi connectivity index (χ2v) is 10.9. The maximum Gasteiger partial charge on any atom is 0.229 e. The fourth-order valence-electron chi connectivity index (χ4n) is 4.10. The van der Waals surface area contributed by atoms with Crippen molar-refractivity contribution in [3.05, 3.63) is 53.9 Å². The molecule has 1 amide bonds. The van der Waals surface area contributed by atoms with E-state index in [1.165, 1.54) is 0 Å². The lowest BCUT2D eigenvalue weighted by Gasteiger charge is -2.34. The predicted octanol–water partition coefficient (Wildman–Crippen LogP) is 1.73. The number of rotatable bonds is 8. The Labute approximate surface area is 201 Å². The first-order valence-corrected chi connectivity index (χ1v) is 13.2. The van der Waals surface area contributed by atoms with Crippen LogP contribution >= 0.6 is 0 Å². The number of pyridine rings is 1. The highest BCUT2D eigenvalue weighted by Gasteiger charge is 2.31. The van der Waals surface area contributed by atoms with Crippen molar-refractivity contribution in [1.29, 1.82) is 0 Å². The molecule has 1 aromatic carbocycles. The number of amides is 1. The highest BCUT2D eigenvalue weighted by atomic mass is 32.2. The van der Waals surface area contributed by atoms with E-state index < -0.39 is 10.0 Å². The van der Waals surface area contributed by atoms with Crippen LogP contribution in [0.2, 0.25) is 0 Å². The Balaban J connectivity index is 1.91. The SMILES string of the molecule is C[C@H](CO)N1C[C@H](C)[C@@H](CN(C)Cc2ccncc2)Oc2ccc(NS(C)(=O)=O)cc2CC1=O. The Kier molecular flexibility index (Phi) is 8.51. The minimum Gasteiger partial charge on any atom is -0.488 e. The summed E-state index contributed by atoms with van der Waals surface area (Å²) in [5, 5.41) is 9.75. The molecule has 1 aromatic heterocycles. The summed E-state index contributed by atoms with van der Waals surface area (Å²) < 4.78 is 32.3. The fraction of sp³-hybridized carbons (Fsp3) is 0.500. The third kappa shape index (κ3) is 7.15. The number of sulfonamides is 1. The number of nitrogens with zero attached hydrogens (tertiary/aromatic N) is 3. The van der Waals surface area contributed by atoms with E-state index >= 15 is 0 Å². The number of carbonyl (C=O) groups excluding carboxylic acids is 1. The molecule has 2 N–H and O–H groups in total. The molecule has 0 radical (unpaired) electrons. The molecular formula is C24H34N4O5S. The maximum absolute atomic E-state index is 13.2. The molecule has 10 heteroatoms. The van der Waals surface area contributed by atoms with E-state index in [9.17, 15) is 18.3 Å². The number of aromatic nitrogens is 1. The highest BCUT2D eigenvalue weighted by molar-refractivity contribution is 7.92. The Bertz CT molecular complexity index is 1080. The van der Waals surface area contributed by atoms with E-state index in [-0.39, 0.29) is 37.0 Å². The summed E-state index contributed by atoms with van der Waals surface area (Å²) in [4.78, 5) is 21.1. The topological polar surface area (TPSA) is 112 Å². The zero-order chi connectivity index (χ0) is 24.9. The molecule has 34 heavy (non-hydrogen) atoms. The summed E-state index contributed by atoms with van der Waals surface area (Å²) in [7, 11) is -1.45. The quantitative estimate of drug-likeness (QED) is 0.580. The van der Waals surface area contributed by atoms with Gasteiger partial charge < -0.3 is 14.7 Å². The van der Waals surface area contributed by atoms with E-state index in [4.69, 9.17) is 4.74 Å². The number of benzene rings is 1. The first-order chi connectivity index (χ1) is 16.1. The first-order valence-electron chi connectivity index (χ1n) is 11.3. The van der Waals surface area contributed by atoms with Crippen molar-refractivity contribution in [2.75, 3.05) is 37.7 Å². The molecule has 1 aliphatic heterocycles. The third-order valence-corrected chi connectivity index (χ3v) is 6.52. The van der Waals surface area contributed by atoms with Gasteiger partial charge in [-0.1, -0.05) is 6.92 Å².